The molecule has 3 aromatic rings. The first-order valence-corrected chi connectivity index (χ1v) is 12.0. The molecule has 196 valence electrons. The highest BCUT2D eigenvalue weighted by atomic mass is 19.3. The molecule has 3 heterocycles. The minimum absolute atomic E-state index is 0.191. The third kappa shape index (κ3) is 5.98. The van der Waals surface area contributed by atoms with Gasteiger partial charge >= 0.3 is 6.43 Å². The molecule has 37 heavy (non-hydrogen) atoms. The zero-order valence-corrected chi connectivity index (χ0v) is 20.7. The van der Waals surface area contributed by atoms with Crippen LogP contribution in [0.3, 0.4) is 0 Å². The lowest BCUT2D eigenvalue weighted by atomic mass is 9.96. The lowest BCUT2D eigenvalue weighted by molar-refractivity contribution is -0.138. The van der Waals surface area contributed by atoms with Crippen molar-refractivity contribution in [1.29, 1.82) is 0 Å². The Bertz CT molecular complexity index is 1250. The highest BCUT2D eigenvalue weighted by molar-refractivity contribution is 5.89. The number of halogens is 3. The number of hydrogen-bond acceptors (Lipinski definition) is 6. The van der Waals surface area contributed by atoms with Gasteiger partial charge in [-0.15, -0.1) is 10.2 Å². The van der Waals surface area contributed by atoms with Gasteiger partial charge in [-0.05, 0) is 35.6 Å². The molecule has 2 amide bonds. The van der Waals surface area contributed by atoms with E-state index in [2.05, 4.69) is 34.3 Å². The predicted molar refractivity (Wildman–Crippen MR) is 127 cm³/mol. The van der Waals surface area contributed by atoms with Crippen LogP contribution in [0.2, 0.25) is 0 Å². The van der Waals surface area contributed by atoms with Crippen LogP contribution in [0.15, 0.2) is 47.0 Å². The number of nitrogens with one attached hydrogen (secondary N) is 1. The summed E-state index contributed by atoms with van der Waals surface area (Å²) in [6, 6.07) is 9.42. The van der Waals surface area contributed by atoms with Crippen molar-refractivity contribution in [2.24, 2.45) is 0 Å². The maximum atomic E-state index is 14.4. The first kappa shape index (κ1) is 26.3. The summed E-state index contributed by atoms with van der Waals surface area (Å²) in [6.45, 7) is 5.82. The summed E-state index contributed by atoms with van der Waals surface area (Å²) < 4.78 is 44.7. The highest BCUT2D eigenvalue weighted by Crippen LogP contribution is 2.27. The predicted octanol–water partition coefficient (Wildman–Crippen LogP) is 4.22. The van der Waals surface area contributed by atoms with E-state index in [-0.39, 0.29) is 24.8 Å². The van der Waals surface area contributed by atoms with Gasteiger partial charge < -0.3 is 14.6 Å². The number of rotatable bonds is 8. The third-order valence-electron chi connectivity index (χ3n) is 6.35. The molecule has 0 saturated carbocycles. The summed E-state index contributed by atoms with van der Waals surface area (Å²) in [4.78, 5) is 32.0. The first-order chi connectivity index (χ1) is 17.6. The van der Waals surface area contributed by atoms with Gasteiger partial charge in [0.15, 0.2) is 0 Å². The van der Waals surface area contributed by atoms with Crippen LogP contribution in [-0.4, -0.2) is 50.7 Å². The molecule has 0 radical (unpaired) electrons. The number of hydrogen-bond donors (Lipinski definition) is 1. The van der Waals surface area contributed by atoms with E-state index in [1.54, 1.807) is 6.20 Å². The summed E-state index contributed by atoms with van der Waals surface area (Å²) in [7, 11) is 0. The molecule has 0 bridgehead atoms. The van der Waals surface area contributed by atoms with Crippen LogP contribution in [-0.2, 0) is 16.0 Å². The lowest BCUT2D eigenvalue weighted by Gasteiger charge is -2.26. The SMILES string of the molecule is Cc1cc([C@@H](NC(=O)C2CC(F)CN2C(=O)Cc2nnc(C(F)F)o2)c2ccccc2)ncc1C(C)C. The number of pyridine rings is 1. The lowest BCUT2D eigenvalue weighted by Crippen LogP contribution is -2.47. The van der Waals surface area contributed by atoms with E-state index in [4.69, 9.17) is 4.42 Å². The molecule has 8 nitrogen and oxygen atoms in total. The van der Waals surface area contributed by atoms with Gasteiger partial charge in [-0.1, -0.05) is 44.2 Å². The number of amides is 2. The second-order valence-electron chi connectivity index (χ2n) is 9.38. The fourth-order valence-electron chi connectivity index (χ4n) is 4.53. The molecule has 1 N–H and O–H groups in total. The van der Waals surface area contributed by atoms with Crippen molar-refractivity contribution in [2.75, 3.05) is 6.54 Å². The molecule has 1 saturated heterocycles. The monoisotopic (exact) mass is 515 g/mol. The Morgan fingerprint density at radius 3 is 2.54 bits per heavy atom. The topological polar surface area (TPSA) is 101 Å². The molecule has 3 atom stereocenters. The average molecular weight is 516 g/mol. The van der Waals surface area contributed by atoms with Crippen LogP contribution >= 0.6 is 0 Å². The van der Waals surface area contributed by atoms with Crippen molar-refractivity contribution in [1.82, 2.24) is 25.4 Å². The second kappa shape index (κ2) is 11.1. The van der Waals surface area contributed by atoms with E-state index >= 15 is 0 Å². The van der Waals surface area contributed by atoms with E-state index < -0.39 is 48.8 Å². The van der Waals surface area contributed by atoms with Gasteiger partial charge in [-0.3, -0.25) is 14.6 Å². The molecule has 11 heteroatoms. The summed E-state index contributed by atoms with van der Waals surface area (Å²) in [6.07, 6.45) is -3.31. The van der Waals surface area contributed by atoms with Crippen molar-refractivity contribution < 1.29 is 27.2 Å². The number of alkyl halides is 3. The average Bonchev–Trinajstić information content (AvgIpc) is 3.49. The summed E-state index contributed by atoms with van der Waals surface area (Å²) >= 11 is 0. The Morgan fingerprint density at radius 1 is 1.19 bits per heavy atom. The van der Waals surface area contributed by atoms with Gasteiger partial charge in [-0.25, -0.2) is 4.39 Å². The zero-order chi connectivity index (χ0) is 26.7. The van der Waals surface area contributed by atoms with Crippen molar-refractivity contribution >= 4 is 11.8 Å². The Morgan fingerprint density at radius 2 is 1.92 bits per heavy atom. The molecule has 0 spiro atoms. The van der Waals surface area contributed by atoms with Gasteiger partial charge in [0, 0.05) is 12.6 Å². The van der Waals surface area contributed by atoms with Gasteiger partial charge in [0.05, 0.1) is 18.3 Å². The van der Waals surface area contributed by atoms with Gasteiger partial charge in [0.1, 0.15) is 18.6 Å². The number of nitrogens with zero attached hydrogens (tertiary/aromatic N) is 4. The van der Waals surface area contributed by atoms with Gasteiger partial charge in [-0.2, -0.15) is 8.78 Å². The number of benzene rings is 1. The minimum atomic E-state index is -2.97. The van der Waals surface area contributed by atoms with E-state index in [1.165, 1.54) is 0 Å². The normalized spacial score (nSPS) is 18.4. The van der Waals surface area contributed by atoms with E-state index in [9.17, 15) is 22.8 Å². The number of aryl methyl sites for hydroxylation is 1. The van der Waals surface area contributed by atoms with Crippen molar-refractivity contribution in [2.45, 2.75) is 64.2 Å². The van der Waals surface area contributed by atoms with E-state index in [0.29, 0.717) is 5.69 Å². The molecule has 1 fully saturated rings. The summed E-state index contributed by atoms with van der Waals surface area (Å²) in [5.74, 6) is -2.17. The molecule has 1 aliphatic heterocycles. The maximum absolute atomic E-state index is 14.4. The smallest absolute Gasteiger partial charge is 0.314 e. The summed E-state index contributed by atoms with van der Waals surface area (Å²) in [5.41, 5.74) is 3.50. The Hall–Kier alpha value is -3.76. The molecule has 4 rings (SSSR count). The van der Waals surface area contributed by atoms with Crippen LogP contribution in [0.25, 0.3) is 0 Å². The Labute approximate surface area is 212 Å². The van der Waals surface area contributed by atoms with Crippen molar-refractivity contribution in [3.8, 4) is 0 Å². The molecular weight excluding hydrogens is 487 g/mol. The van der Waals surface area contributed by atoms with Crippen LogP contribution in [0.5, 0.6) is 0 Å². The first-order valence-electron chi connectivity index (χ1n) is 12.0. The molecule has 1 aliphatic rings. The molecular formula is C26H28F3N5O3. The zero-order valence-electron chi connectivity index (χ0n) is 20.7. The Kier molecular flexibility index (Phi) is 7.89. The van der Waals surface area contributed by atoms with E-state index in [1.807, 2.05) is 43.3 Å². The molecule has 2 unspecified atom stereocenters. The minimum Gasteiger partial charge on any atom is -0.419 e. The number of carbonyl (C=O) groups excluding carboxylic acids is 2. The maximum Gasteiger partial charge on any atom is 0.314 e. The second-order valence-corrected chi connectivity index (χ2v) is 9.38. The van der Waals surface area contributed by atoms with Crippen LogP contribution in [0, 0.1) is 6.92 Å². The quantitative estimate of drug-likeness (QED) is 0.482. The van der Waals surface area contributed by atoms with Crippen molar-refractivity contribution in [3.63, 3.8) is 0 Å². The standard InChI is InChI=1S/C26H28F3N5O3/c1-14(2)18-12-30-19(9-15(18)3)23(16-7-5-4-6-8-16)31-25(36)20-10-17(27)13-34(20)22(35)11-21-32-33-26(37-21)24(28)29/h4-9,12,14,17,20,23-24H,10-11,13H2,1-3H3,(H,31,36)/t17?,20?,23-/m0/s1. The largest absolute Gasteiger partial charge is 0.419 e. The number of carbonyl (C=O) groups is 2. The van der Waals surface area contributed by atoms with Gasteiger partial charge in [0.2, 0.25) is 17.7 Å². The van der Waals surface area contributed by atoms with E-state index in [0.717, 1.165) is 21.6 Å². The van der Waals surface area contributed by atoms with Crippen LogP contribution < -0.4 is 5.32 Å². The van der Waals surface area contributed by atoms with Gasteiger partial charge in [0.25, 0.3) is 5.89 Å². The van der Waals surface area contributed by atoms with Crippen LogP contribution in [0.4, 0.5) is 13.2 Å². The number of likely N-dealkylation sites (tertiary alicyclic amines) is 1. The molecule has 2 aromatic heterocycles. The van der Waals surface area contributed by atoms with Crippen molar-refractivity contribution in [3.05, 3.63) is 76.8 Å². The number of aromatic nitrogens is 3. The highest BCUT2D eigenvalue weighted by Gasteiger charge is 2.41. The molecule has 0 aliphatic carbocycles. The fraction of sp³-hybridized carbons (Fsp3) is 0.423. The third-order valence-corrected chi connectivity index (χ3v) is 6.35. The van der Waals surface area contributed by atoms with Crippen LogP contribution in [0.1, 0.15) is 72.8 Å². The summed E-state index contributed by atoms with van der Waals surface area (Å²) in [5, 5.41) is 9.59. The Balaban J connectivity index is 1.56. The fourth-order valence-corrected chi connectivity index (χ4v) is 4.53. The molecule has 1 aromatic carbocycles.